The van der Waals surface area contributed by atoms with Crippen molar-refractivity contribution in [3.63, 3.8) is 0 Å². The van der Waals surface area contributed by atoms with Crippen molar-refractivity contribution in [2.75, 3.05) is 13.2 Å². The second kappa shape index (κ2) is 12.7. The highest BCUT2D eigenvalue weighted by molar-refractivity contribution is 8.00. The van der Waals surface area contributed by atoms with Gasteiger partial charge in [0.05, 0.1) is 37.0 Å². The van der Waals surface area contributed by atoms with Crippen LogP contribution in [0.15, 0.2) is 61.2 Å². The Labute approximate surface area is 248 Å². The van der Waals surface area contributed by atoms with Crippen LogP contribution in [0.1, 0.15) is 12.1 Å². The van der Waals surface area contributed by atoms with Crippen LogP contribution in [0, 0.1) is 0 Å². The van der Waals surface area contributed by atoms with Gasteiger partial charge in [-0.05, 0) is 24.3 Å². The number of aliphatic hydroxyl groups excluding tert-OH is 6. The Balaban J connectivity index is 1.25. The minimum atomic E-state index is -1.42. The molecular formula is C26H30N8O8S. The summed E-state index contributed by atoms with van der Waals surface area (Å²) in [5, 5.41) is 81.1. The molecule has 2 fully saturated rings. The number of aliphatic hydroxyl groups is 6. The summed E-state index contributed by atoms with van der Waals surface area (Å²) in [6, 6.07) is 8.35. The Kier molecular flexibility index (Phi) is 8.75. The van der Waals surface area contributed by atoms with Crippen LogP contribution < -0.4 is 0 Å². The van der Waals surface area contributed by atoms with Crippen LogP contribution in [0.3, 0.4) is 0 Å². The fourth-order valence-electron chi connectivity index (χ4n) is 5.23. The second-order valence-corrected chi connectivity index (χ2v) is 11.3. The second-order valence-electron chi connectivity index (χ2n) is 10.1. The van der Waals surface area contributed by atoms with Gasteiger partial charge in [-0.15, -0.1) is 10.2 Å². The molecule has 0 bridgehead atoms. The fraction of sp³-hybridized carbons (Fsp3) is 0.462. The predicted octanol–water partition coefficient (Wildman–Crippen LogP) is -1.61. The molecule has 10 atom stereocenters. The van der Waals surface area contributed by atoms with Crippen molar-refractivity contribution in [1.29, 1.82) is 0 Å². The number of rotatable bonds is 8. The van der Waals surface area contributed by atoms with E-state index in [1.807, 2.05) is 0 Å². The van der Waals surface area contributed by atoms with Crippen molar-refractivity contribution < 1.29 is 40.1 Å². The summed E-state index contributed by atoms with van der Waals surface area (Å²) in [4.78, 5) is 8.48. The van der Waals surface area contributed by atoms with Gasteiger partial charge in [-0.2, -0.15) is 0 Å². The molecule has 0 saturated carbocycles. The fourth-order valence-corrected chi connectivity index (χ4v) is 6.55. The molecule has 6 heterocycles. The Morgan fingerprint density at radius 2 is 1.07 bits per heavy atom. The first kappa shape index (κ1) is 29.7. The molecule has 4 unspecified atom stereocenters. The summed E-state index contributed by atoms with van der Waals surface area (Å²) in [5.41, 5.74) is -0.421. The van der Waals surface area contributed by atoms with Gasteiger partial charge in [0.15, 0.2) is 0 Å². The Bertz CT molecular complexity index is 1370. The van der Waals surface area contributed by atoms with E-state index in [-0.39, 0.29) is 0 Å². The van der Waals surface area contributed by atoms with Crippen molar-refractivity contribution in [3.8, 4) is 22.8 Å². The summed E-state index contributed by atoms with van der Waals surface area (Å²) >= 11 is 0.867. The zero-order chi connectivity index (χ0) is 30.1. The number of ether oxygens (including phenoxy) is 2. The van der Waals surface area contributed by atoms with Crippen LogP contribution in [-0.2, 0) is 9.47 Å². The van der Waals surface area contributed by atoms with Gasteiger partial charge in [0, 0.05) is 12.4 Å². The van der Waals surface area contributed by atoms with Crippen molar-refractivity contribution in [3.05, 3.63) is 61.2 Å². The number of hydrogen-bond acceptors (Lipinski definition) is 15. The lowest BCUT2D eigenvalue weighted by Gasteiger charge is -2.46. The average molecular weight is 615 g/mol. The third-order valence-electron chi connectivity index (χ3n) is 7.45. The highest BCUT2D eigenvalue weighted by atomic mass is 32.2. The highest BCUT2D eigenvalue weighted by Crippen LogP contribution is 2.42. The molecule has 2 saturated heterocycles. The van der Waals surface area contributed by atoms with E-state index in [4.69, 9.17) is 9.47 Å². The minimum absolute atomic E-state index is 0.405. The van der Waals surface area contributed by atoms with Crippen molar-refractivity contribution in [2.45, 2.75) is 59.6 Å². The van der Waals surface area contributed by atoms with Gasteiger partial charge in [0.25, 0.3) is 0 Å². The standard InChI is InChI=1S/C26H30N8O8S/c35-11-17-21(37)19(33-9-15(29-31-33)13-5-1-3-7-27-13)23(39)25(41-17)43-26-24(40)20(22(38)18(12-36)42-26)34-10-16(30-32-34)14-6-2-4-8-28-14/h1-10,17-26,35-40H,11-12H2/t17-,18?,19?,20?,21?,22+,23-,24+,25+,26+/m1/s1. The van der Waals surface area contributed by atoms with Crippen molar-refractivity contribution >= 4 is 11.8 Å². The molecular weight excluding hydrogens is 584 g/mol. The topological polar surface area (TPSA) is 227 Å². The molecule has 0 radical (unpaired) electrons. The molecule has 0 spiro atoms. The molecule has 43 heavy (non-hydrogen) atoms. The number of pyridine rings is 2. The smallest absolute Gasteiger partial charge is 0.134 e. The third-order valence-corrected chi connectivity index (χ3v) is 8.77. The normalized spacial score (nSPS) is 33.0. The van der Waals surface area contributed by atoms with E-state index in [1.165, 1.54) is 21.8 Å². The van der Waals surface area contributed by atoms with Crippen molar-refractivity contribution in [1.82, 2.24) is 40.0 Å². The maximum Gasteiger partial charge on any atom is 0.134 e. The maximum absolute atomic E-state index is 11.4. The van der Waals surface area contributed by atoms with E-state index in [2.05, 4.69) is 30.6 Å². The molecule has 2 aliphatic rings. The maximum atomic E-state index is 11.4. The van der Waals surface area contributed by atoms with E-state index in [0.717, 1.165) is 11.8 Å². The van der Waals surface area contributed by atoms with Crippen LogP contribution in [0.4, 0.5) is 0 Å². The van der Waals surface area contributed by atoms with Gasteiger partial charge < -0.3 is 40.1 Å². The minimum Gasteiger partial charge on any atom is -0.394 e. The number of nitrogens with zero attached hydrogens (tertiary/aromatic N) is 8. The van der Waals surface area contributed by atoms with Crippen LogP contribution in [-0.4, -0.2) is 131 Å². The summed E-state index contributed by atoms with van der Waals surface area (Å²) in [7, 11) is 0. The molecule has 6 N–H and O–H groups in total. The van der Waals surface area contributed by atoms with Crippen LogP contribution in [0.25, 0.3) is 22.8 Å². The first-order valence-corrected chi connectivity index (χ1v) is 14.4. The zero-order valence-electron chi connectivity index (χ0n) is 22.4. The number of aromatic nitrogens is 8. The van der Waals surface area contributed by atoms with Gasteiger partial charge >= 0.3 is 0 Å². The SMILES string of the molecule is OCC1O[C@@H](S[C@@H]2O[C@H](CO)C(O)C(n3cc(-c4ccccn4)nn3)[C@H]2O)[C@@H](O)C(n2cc(-c3ccccn3)nn2)[C@H]1O. The molecule has 0 aliphatic carbocycles. The number of thioether (sulfide) groups is 1. The molecule has 0 aromatic carbocycles. The average Bonchev–Trinajstić information content (AvgIpc) is 3.72. The van der Waals surface area contributed by atoms with E-state index in [9.17, 15) is 30.6 Å². The van der Waals surface area contributed by atoms with E-state index >= 15 is 0 Å². The summed E-state index contributed by atoms with van der Waals surface area (Å²) < 4.78 is 14.2. The molecule has 228 valence electrons. The van der Waals surface area contributed by atoms with E-state index in [0.29, 0.717) is 22.8 Å². The lowest BCUT2D eigenvalue weighted by molar-refractivity contribution is -0.189. The monoisotopic (exact) mass is 614 g/mol. The predicted molar refractivity (Wildman–Crippen MR) is 148 cm³/mol. The first-order valence-electron chi connectivity index (χ1n) is 13.5. The lowest BCUT2D eigenvalue weighted by Crippen LogP contribution is -2.58. The van der Waals surface area contributed by atoms with Gasteiger partial charge in [-0.25, -0.2) is 9.36 Å². The molecule has 17 heteroatoms. The van der Waals surface area contributed by atoms with Gasteiger partial charge in [-0.3, -0.25) is 9.97 Å². The Hall–Kier alpha value is -3.39. The van der Waals surface area contributed by atoms with Crippen LogP contribution in [0.2, 0.25) is 0 Å². The molecule has 0 amide bonds. The summed E-state index contributed by atoms with van der Waals surface area (Å²) in [6.45, 7) is -1.15. The van der Waals surface area contributed by atoms with Crippen LogP contribution in [0.5, 0.6) is 0 Å². The molecule has 4 aromatic heterocycles. The third kappa shape index (κ3) is 5.78. The molecule has 2 aliphatic heterocycles. The van der Waals surface area contributed by atoms with Gasteiger partial charge in [0.1, 0.15) is 71.0 Å². The molecule has 6 rings (SSSR count). The van der Waals surface area contributed by atoms with Gasteiger partial charge in [-0.1, -0.05) is 34.3 Å². The highest BCUT2D eigenvalue weighted by Gasteiger charge is 2.51. The summed E-state index contributed by atoms with van der Waals surface area (Å²) in [5.74, 6) is 0. The molecule has 16 nitrogen and oxygen atoms in total. The Morgan fingerprint density at radius 3 is 1.44 bits per heavy atom. The zero-order valence-corrected chi connectivity index (χ0v) is 23.3. The first-order chi connectivity index (χ1) is 20.9. The Morgan fingerprint density at radius 1 is 0.628 bits per heavy atom. The summed E-state index contributed by atoms with van der Waals surface area (Å²) in [6.07, 6.45) is -1.59. The van der Waals surface area contributed by atoms with E-state index in [1.54, 1.807) is 48.8 Å². The largest absolute Gasteiger partial charge is 0.394 e. The number of hydrogen-bond donors (Lipinski definition) is 6. The van der Waals surface area contributed by atoms with E-state index < -0.39 is 72.8 Å². The van der Waals surface area contributed by atoms with Crippen molar-refractivity contribution in [2.24, 2.45) is 0 Å². The van der Waals surface area contributed by atoms with Crippen LogP contribution >= 0.6 is 11.8 Å². The lowest BCUT2D eigenvalue weighted by atomic mass is 9.97. The quantitative estimate of drug-likeness (QED) is 0.131. The molecule has 4 aromatic rings. The van der Waals surface area contributed by atoms with Gasteiger partial charge in [0.2, 0.25) is 0 Å².